The normalized spacial score (nSPS) is 17.1. The Morgan fingerprint density at radius 2 is 2.10 bits per heavy atom. The Bertz CT molecular complexity index is 805. The number of hydrogen-bond acceptors (Lipinski definition) is 5. The number of halogens is 1. The molecule has 0 amide bonds. The average Bonchev–Trinajstić information content (AvgIpc) is 3.27. The summed E-state index contributed by atoms with van der Waals surface area (Å²) >= 11 is 1.55. The SMILES string of the molecule is CCNC(=NCc1ccc(N2CCOCC2)c(F)c1)NCC(C)(O)c1ccsc1. The lowest BCUT2D eigenvalue weighted by Gasteiger charge is -2.29. The van der Waals surface area contributed by atoms with Gasteiger partial charge in [0.15, 0.2) is 5.96 Å². The van der Waals surface area contributed by atoms with E-state index in [0.717, 1.165) is 11.1 Å². The largest absolute Gasteiger partial charge is 0.384 e. The van der Waals surface area contributed by atoms with Crippen LogP contribution in [0.2, 0.25) is 0 Å². The van der Waals surface area contributed by atoms with Crippen LogP contribution < -0.4 is 15.5 Å². The number of hydrogen-bond donors (Lipinski definition) is 3. The van der Waals surface area contributed by atoms with E-state index in [1.807, 2.05) is 40.8 Å². The Labute approximate surface area is 175 Å². The van der Waals surface area contributed by atoms with Crippen molar-refractivity contribution < 1.29 is 14.2 Å². The van der Waals surface area contributed by atoms with Crippen molar-refractivity contribution in [3.05, 3.63) is 52.0 Å². The molecule has 29 heavy (non-hydrogen) atoms. The van der Waals surface area contributed by atoms with Gasteiger partial charge in [0.2, 0.25) is 0 Å². The second-order valence-corrected chi connectivity index (χ2v) is 8.00. The van der Waals surface area contributed by atoms with E-state index in [2.05, 4.69) is 15.6 Å². The number of nitrogens with one attached hydrogen (secondary N) is 2. The van der Waals surface area contributed by atoms with Gasteiger partial charge in [-0.15, -0.1) is 0 Å². The maximum Gasteiger partial charge on any atom is 0.191 e. The monoisotopic (exact) mass is 420 g/mol. The van der Waals surface area contributed by atoms with Crippen molar-refractivity contribution in [2.45, 2.75) is 26.0 Å². The maximum atomic E-state index is 14.6. The lowest BCUT2D eigenvalue weighted by molar-refractivity contribution is 0.0621. The van der Waals surface area contributed by atoms with Crippen molar-refractivity contribution in [3.8, 4) is 0 Å². The van der Waals surface area contributed by atoms with Crippen LogP contribution >= 0.6 is 11.3 Å². The summed E-state index contributed by atoms with van der Waals surface area (Å²) in [6.07, 6.45) is 0. The van der Waals surface area contributed by atoms with Gasteiger partial charge in [0.1, 0.15) is 11.4 Å². The van der Waals surface area contributed by atoms with Crippen molar-refractivity contribution in [2.75, 3.05) is 44.3 Å². The first kappa shape index (κ1) is 21.5. The van der Waals surface area contributed by atoms with Crippen LogP contribution in [0.15, 0.2) is 40.0 Å². The number of aliphatic hydroxyl groups is 1. The molecule has 1 aliphatic rings. The lowest BCUT2D eigenvalue weighted by atomic mass is 9.99. The smallest absolute Gasteiger partial charge is 0.191 e. The molecule has 1 aliphatic heterocycles. The van der Waals surface area contributed by atoms with Gasteiger partial charge in [-0.05, 0) is 53.9 Å². The molecule has 3 rings (SSSR count). The maximum absolute atomic E-state index is 14.6. The standard InChI is InChI=1S/C21H29FN4O2S/c1-3-23-20(25-15-21(2,27)17-6-11-29-14-17)24-13-16-4-5-19(18(22)12-16)26-7-9-28-10-8-26/h4-6,11-12,14,27H,3,7-10,13,15H2,1-2H3,(H2,23,24,25). The minimum absolute atomic E-state index is 0.238. The second kappa shape index (κ2) is 10.0. The number of rotatable bonds is 7. The zero-order valence-electron chi connectivity index (χ0n) is 16.9. The molecule has 1 unspecified atom stereocenters. The number of guanidine groups is 1. The molecule has 3 N–H and O–H groups in total. The Hall–Kier alpha value is -2.16. The summed E-state index contributed by atoms with van der Waals surface area (Å²) in [5.74, 6) is 0.346. The Balaban J connectivity index is 1.62. The fourth-order valence-corrected chi connectivity index (χ4v) is 3.93. The van der Waals surface area contributed by atoms with Crippen LogP contribution in [0.1, 0.15) is 25.0 Å². The van der Waals surface area contributed by atoms with Gasteiger partial charge >= 0.3 is 0 Å². The zero-order chi connectivity index (χ0) is 20.7. The topological polar surface area (TPSA) is 69.1 Å². The van der Waals surface area contributed by atoms with E-state index in [1.54, 1.807) is 24.3 Å². The summed E-state index contributed by atoms with van der Waals surface area (Å²) in [6, 6.07) is 7.17. The third-order valence-electron chi connectivity index (χ3n) is 4.87. The Morgan fingerprint density at radius 3 is 2.76 bits per heavy atom. The van der Waals surface area contributed by atoms with E-state index < -0.39 is 5.60 Å². The third-order valence-corrected chi connectivity index (χ3v) is 5.55. The fraction of sp³-hybridized carbons (Fsp3) is 0.476. The van der Waals surface area contributed by atoms with Crippen molar-refractivity contribution in [3.63, 3.8) is 0 Å². The molecule has 0 spiro atoms. The predicted octanol–water partition coefficient (Wildman–Crippen LogP) is 2.69. The molecular weight excluding hydrogens is 391 g/mol. The molecule has 6 nitrogen and oxygen atoms in total. The van der Waals surface area contributed by atoms with Gasteiger partial charge in [-0.25, -0.2) is 9.38 Å². The molecule has 8 heteroatoms. The molecule has 158 valence electrons. The van der Waals surface area contributed by atoms with Crippen LogP contribution in [0.25, 0.3) is 0 Å². The molecule has 0 radical (unpaired) electrons. The van der Waals surface area contributed by atoms with Crippen LogP contribution in [0.3, 0.4) is 0 Å². The van der Waals surface area contributed by atoms with Crippen LogP contribution in [0, 0.1) is 5.82 Å². The van der Waals surface area contributed by atoms with Gasteiger partial charge in [0.05, 0.1) is 32.0 Å². The number of thiophene rings is 1. The van der Waals surface area contributed by atoms with Crippen LogP contribution in [-0.4, -0.2) is 50.5 Å². The van der Waals surface area contributed by atoms with E-state index in [1.165, 1.54) is 0 Å². The number of benzene rings is 1. The fourth-order valence-electron chi connectivity index (χ4n) is 3.15. The van der Waals surface area contributed by atoms with Crippen LogP contribution in [0.4, 0.5) is 10.1 Å². The molecule has 1 saturated heterocycles. The number of ether oxygens (including phenoxy) is 1. The van der Waals surface area contributed by atoms with Gasteiger partial charge in [0, 0.05) is 19.6 Å². The van der Waals surface area contributed by atoms with E-state index >= 15 is 0 Å². The van der Waals surface area contributed by atoms with Gasteiger partial charge < -0.3 is 25.4 Å². The lowest BCUT2D eigenvalue weighted by Crippen LogP contribution is -2.44. The third kappa shape index (κ3) is 5.91. The van der Waals surface area contributed by atoms with E-state index in [-0.39, 0.29) is 5.82 Å². The number of anilines is 1. The Morgan fingerprint density at radius 1 is 1.31 bits per heavy atom. The molecular formula is C21H29FN4O2S. The molecule has 2 heterocycles. The van der Waals surface area contributed by atoms with E-state index in [0.29, 0.717) is 57.6 Å². The summed E-state index contributed by atoms with van der Waals surface area (Å²) in [6.45, 7) is 7.75. The summed E-state index contributed by atoms with van der Waals surface area (Å²) in [5.41, 5.74) is 1.27. The van der Waals surface area contributed by atoms with Crippen molar-refractivity contribution in [1.82, 2.24) is 10.6 Å². The molecule has 1 fully saturated rings. The average molecular weight is 421 g/mol. The quantitative estimate of drug-likeness (QED) is 0.475. The van der Waals surface area contributed by atoms with Crippen molar-refractivity contribution in [2.24, 2.45) is 4.99 Å². The van der Waals surface area contributed by atoms with Gasteiger partial charge in [-0.2, -0.15) is 11.3 Å². The molecule has 1 aromatic heterocycles. The number of morpholine rings is 1. The summed E-state index contributed by atoms with van der Waals surface area (Å²) in [7, 11) is 0. The summed E-state index contributed by atoms with van der Waals surface area (Å²) in [4.78, 5) is 6.54. The van der Waals surface area contributed by atoms with E-state index in [9.17, 15) is 9.50 Å². The van der Waals surface area contributed by atoms with Gasteiger partial charge in [-0.1, -0.05) is 6.07 Å². The van der Waals surface area contributed by atoms with Gasteiger partial charge in [0.25, 0.3) is 0 Å². The molecule has 1 aromatic carbocycles. The predicted molar refractivity (Wildman–Crippen MR) is 116 cm³/mol. The summed E-state index contributed by atoms with van der Waals surface area (Å²) < 4.78 is 19.9. The first-order chi connectivity index (χ1) is 14.0. The molecule has 0 aliphatic carbocycles. The van der Waals surface area contributed by atoms with Crippen LogP contribution in [0.5, 0.6) is 0 Å². The minimum atomic E-state index is -0.998. The Kier molecular flexibility index (Phi) is 7.46. The molecule has 0 bridgehead atoms. The van der Waals surface area contributed by atoms with Crippen LogP contribution in [-0.2, 0) is 16.9 Å². The molecule has 0 saturated carbocycles. The highest BCUT2D eigenvalue weighted by Gasteiger charge is 2.23. The number of nitrogens with zero attached hydrogens (tertiary/aromatic N) is 2. The zero-order valence-corrected chi connectivity index (χ0v) is 17.8. The first-order valence-corrected chi connectivity index (χ1v) is 10.8. The van der Waals surface area contributed by atoms with Crippen molar-refractivity contribution >= 4 is 23.0 Å². The van der Waals surface area contributed by atoms with Crippen molar-refractivity contribution in [1.29, 1.82) is 0 Å². The minimum Gasteiger partial charge on any atom is -0.384 e. The molecule has 2 aromatic rings. The highest BCUT2D eigenvalue weighted by Crippen LogP contribution is 2.23. The second-order valence-electron chi connectivity index (χ2n) is 7.22. The molecule has 1 atom stereocenters. The van der Waals surface area contributed by atoms with E-state index in [4.69, 9.17) is 4.74 Å². The first-order valence-electron chi connectivity index (χ1n) is 9.88. The van der Waals surface area contributed by atoms with Gasteiger partial charge in [-0.3, -0.25) is 0 Å². The highest BCUT2D eigenvalue weighted by atomic mass is 32.1. The summed E-state index contributed by atoms with van der Waals surface area (Å²) in [5, 5.41) is 20.9. The number of aliphatic imine (C=N–C) groups is 1. The highest BCUT2D eigenvalue weighted by molar-refractivity contribution is 7.08.